The first-order chi connectivity index (χ1) is 10.7. The summed E-state index contributed by atoms with van der Waals surface area (Å²) in [5.74, 6) is 0.0353. The molecule has 1 saturated carbocycles. The smallest absolute Gasteiger partial charge is 0.255 e. The predicted octanol–water partition coefficient (Wildman–Crippen LogP) is 4.13. The highest BCUT2D eigenvalue weighted by molar-refractivity contribution is 6.43. The van der Waals surface area contributed by atoms with E-state index in [2.05, 4.69) is 10.2 Å². The molecule has 3 rings (SSSR count). The van der Waals surface area contributed by atoms with Crippen molar-refractivity contribution >= 4 is 29.1 Å². The van der Waals surface area contributed by atoms with Gasteiger partial charge in [-0.25, -0.2) is 0 Å². The Bertz CT molecular complexity index is 537. The van der Waals surface area contributed by atoms with Crippen LogP contribution in [0.4, 0.5) is 0 Å². The average molecular weight is 341 g/mol. The summed E-state index contributed by atoms with van der Waals surface area (Å²) < 4.78 is 0. The number of rotatable bonds is 3. The van der Waals surface area contributed by atoms with Crippen LogP contribution >= 0.6 is 23.2 Å². The largest absolute Gasteiger partial charge is 0.331 e. The van der Waals surface area contributed by atoms with Gasteiger partial charge < -0.3 is 10.2 Å². The Kier molecular flexibility index (Phi) is 5.27. The van der Waals surface area contributed by atoms with Crippen LogP contribution in [0.15, 0.2) is 18.2 Å². The number of nitrogens with one attached hydrogen (secondary N) is 1. The molecule has 1 atom stereocenters. The molecule has 1 saturated heterocycles. The maximum Gasteiger partial charge on any atom is 0.255 e. The maximum atomic E-state index is 13.2. The van der Waals surface area contributed by atoms with Gasteiger partial charge in [-0.2, -0.15) is 0 Å². The number of amides is 1. The van der Waals surface area contributed by atoms with E-state index in [-0.39, 0.29) is 11.9 Å². The minimum atomic E-state index is 0.0353. The first-order valence-corrected chi connectivity index (χ1v) is 8.91. The van der Waals surface area contributed by atoms with E-state index in [1.165, 1.54) is 19.3 Å². The highest BCUT2D eigenvalue weighted by atomic mass is 35.5. The van der Waals surface area contributed by atoms with Crippen molar-refractivity contribution in [3.63, 3.8) is 0 Å². The monoisotopic (exact) mass is 340 g/mol. The second kappa shape index (κ2) is 7.20. The average Bonchev–Trinajstić information content (AvgIpc) is 3.05. The molecule has 1 heterocycles. The number of carbonyl (C=O) groups excluding carboxylic acids is 1. The molecule has 1 unspecified atom stereocenters. The molecule has 3 nitrogen and oxygen atoms in total. The maximum absolute atomic E-state index is 13.2. The summed E-state index contributed by atoms with van der Waals surface area (Å²) in [5.41, 5.74) is 0.534. The molecule has 22 heavy (non-hydrogen) atoms. The van der Waals surface area contributed by atoms with Gasteiger partial charge in [-0.05, 0) is 37.9 Å². The molecule has 1 amide bonds. The number of carbonyl (C=O) groups is 1. The summed E-state index contributed by atoms with van der Waals surface area (Å²) in [6, 6.07) is 5.91. The molecule has 1 aliphatic heterocycles. The second-order valence-corrected chi connectivity index (χ2v) is 7.04. The van der Waals surface area contributed by atoms with Gasteiger partial charge in [0.05, 0.1) is 15.6 Å². The van der Waals surface area contributed by atoms with Crippen molar-refractivity contribution in [3.05, 3.63) is 33.8 Å². The van der Waals surface area contributed by atoms with Gasteiger partial charge in [0.15, 0.2) is 0 Å². The molecule has 120 valence electrons. The van der Waals surface area contributed by atoms with E-state index in [1.54, 1.807) is 18.2 Å². The third-order valence-corrected chi connectivity index (χ3v) is 5.63. The summed E-state index contributed by atoms with van der Waals surface area (Å²) >= 11 is 12.4. The van der Waals surface area contributed by atoms with Crippen molar-refractivity contribution in [3.8, 4) is 0 Å². The third kappa shape index (κ3) is 3.27. The molecule has 0 radical (unpaired) electrons. The zero-order valence-corrected chi connectivity index (χ0v) is 14.2. The van der Waals surface area contributed by atoms with E-state index in [0.717, 1.165) is 32.4 Å². The van der Waals surface area contributed by atoms with Crippen molar-refractivity contribution in [1.29, 1.82) is 0 Å². The Hall–Kier alpha value is -0.770. The van der Waals surface area contributed by atoms with E-state index in [4.69, 9.17) is 23.2 Å². The normalized spacial score (nSPS) is 22.7. The number of hydrogen-bond acceptors (Lipinski definition) is 2. The van der Waals surface area contributed by atoms with Crippen LogP contribution < -0.4 is 5.32 Å². The summed E-state index contributed by atoms with van der Waals surface area (Å²) in [7, 11) is 0. The van der Waals surface area contributed by atoms with Crippen LogP contribution in [0.1, 0.15) is 48.9 Å². The summed E-state index contributed by atoms with van der Waals surface area (Å²) in [4.78, 5) is 15.3. The standard InChI is InChI=1S/C17H22Cl2N2O/c18-15-8-4-7-14(16(15)19)17(22)21(13-9-10-20-11-13)12-5-2-1-3-6-12/h4,7-8,12-13,20H,1-3,5-6,9-11H2. The number of benzene rings is 1. The summed E-state index contributed by atoms with van der Waals surface area (Å²) in [6.45, 7) is 1.85. The lowest BCUT2D eigenvalue weighted by Gasteiger charge is -2.38. The number of halogens is 2. The van der Waals surface area contributed by atoms with Gasteiger partial charge in [0.1, 0.15) is 0 Å². The Morgan fingerprint density at radius 2 is 1.86 bits per heavy atom. The lowest BCUT2D eigenvalue weighted by Crippen LogP contribution is -2.49. The van der Waals surface area contributed by atoms with E-state index in [0.29, 0.717) is 21.7 Å². The fraction of sp³-hybridized carbons (Fsp3) is 0.588. The Balaban J connectivity index is 1.90. The molecule has 0 spiro atoms. The highest BCUT2D eigenvalue weighted by Gasteiger charge is 2.34. The van der Waals surface area contributed by atoms with Gasteiger partial charge in [0.25, 0.3) is 5.91 Å². The lowest BCUT2D eigenvalue weighted by molar-refractivity contribution is 0.0534. The first-order valence-electron chi connectivity index (χ1n) is 8.16. The Morgan fingerprint density at radius 1 is 1.09 bits per heavy atom. The van der Waals surface area contributed by atoms with E-state index in [1.807, 2.05) is 0 Å². The third-order valence-electron chi connectivity index (χ3n) is 4.81. The van der Waals surface area contributed by atoms with Crippen molar-refractivity contribution < 1.29 is 4.79 Å². The van der Waals surface area contributed by atoms with E-state index < -0.39 is 0 Å². The van der Waals surface area contributed by atoms with E-state index >= 15 is 0 Å². The molecular formula is C17H22Cl2N2O. The molecule has 1 N–H and O–H groups in total. The molecule has 1 aliphatic carbocycles. The topological polar surface area (TPSA) is 32.3 Å². The highest BCUT2D eigenvalue weighted by Crippen LogP contribution is 2.31. The van der Waals surface area contributed by atoms with Crippen LogP contribution in [0.3, 0.4) is 0 Å². The van der Waals surface area contributed by atoms with E-state index in [9.17, 15) is 4.79 Å². The lowest BCUT2D eigenvalue weighted by atomic mass is 9.92. The van der Waals surface area contributed by atoms with Gasteiger partial charge >= 0.3 is 0 Å². The van der Waals surface area contributed by atoms with Crippen molar-refractivity contribution in [2.45, 2.75) is 50.6 Å². The molecule has 2 fully saturated rings. The molecule has 1 aromatic carbocycles. The Morgan fingerprint density at radius 3 is 2.55 bits per heavy atom. The minimum absolute atomic E-state index is 0.0353. The molecular weight excluding hydrogens is 319 g/mol. The van der Waals surface area contributed by atoms with Crippen LogP contribution in [-0.4, -0.2) is 36.0 Å². The van der Waals surface area contributed by atoms with Gasteiger partial charge in [-0.3, -0.25) is 4.79 Å². The summed E-state index contributed by atoms with van der Waals surface area (Å²) in [5, 5.41) is 4.19. The fourth-order valence-electron chi connectivity index (χ4n) is 3.67. The zero-order valence-electron chi connectivity index (χ0n) is 12.7. The van der Waals surface area contributed by atoms with Crippen molar-refractivity contribution in [1.82, 2.24) is 10.2 Å². The fourth-order valence-corrected chi connectivity index (χ4v) is 4.06. The number of nitrogens with zero attached hydrogens (tertiary/aromatic N) is 1. The minimum Gasteiger partial charge on any atom is -0.331 e. The van der Waals surface area contributed by atoms with Crippen LogP contribution in [0.5, 0.6) is 0 Å². The summed E-state index contributed by atoms with van der Waals surface area (Å²) in [6.07, 6.45) is 6.90. The van der Waals surface area contributed by atoms with Crippen LogP contribution in [0.2, 0.25) is 10.0 Å². The first kappa shape index (κ1) is 16.1. The Labute approximate surface area is 142 Å². The molecule has 0 aromatic heterocycles. The van der Waals surface area contributed by atoms with Gasteiger partial charge in [-0.15, -0.1) is 0 Å². The zero-order chi connectivity index (χ0) is 15.5. The van der Waals surface area contributed by atoms with Crippen LogP contribution in [0.25, 0.3) is 0 Å². The molecule has 5 heteroatoms. The molecule has 2 aliphatic rings. The van der Waals surface area contributed by atoms with Gasteiger partial charge in [-0.1, -0.05) is 48.5 Å². The van der Waals surface area contributed by atoms with Crippen LogP contribution in [-0.2, 0) is 0 Å². The van der Waals surface area contributed by atoms with Crippen LogP contribution in [0, 0.1) is 0 Å². The predicted molar refractivity (Wildman–Crippen MR) is 90.8 cm³/mol. The quantitative estimate of drug-likeness (QED) is 0.897. The van der Waals surface area contributed by atoms with Gasteiger partial charge in [0, 0.05) is 18.6 Å². The van der Waals surface area contributed by atoms with Crippen molar-refractivity contribution in [2.24, 2.45) is 0 Å². The molecule has 0 bridgehead atoms. The second-order valence-electron chi connectivity index (χ2n) is 6.25. The molecule has 1 aromatic rings. The SMILES string of the molecule is O=C(c1cccc(Cl)c1Cl)N(C1CCCCC1)C1CCNC1. The van der Waals surface area contributed by atoms with Gasteiger partial charge in [0.2, 0.25) is 0 Å². The number of hydrogen-bond donors (Lipinski definition) is 1. The van der Waals surface area contributed by atoms with Crippen molar-refractivity contribution in [2.75, 3.05) is 13.1 Å².